The first-order valence-corrected chi connectivity index (χ1v) is 7.26. The average molecular weight is 290 g/mol. The molecule has 0 fully saturated rings. The van der Waals surface area contributed by atoms with Crippen LogP contribution in [-0.2, 0) is 11.2 Å². The molecule has 2 rings (SSSR count). The van der Waals surface area contributed by atoms with E-state index in [1.165, 1.54) is 5.56 Å². The second-order valence-corrected chi connectivity index (χ2v) is 5.21. The molecule has 3 amide bonds. The van der Waals surface area contributed by atoms with E-state index in [9.17, 15) is 9.59 Å². The number of imide groups is 1. The third-order valence-electron chi connectivity index (χ3n) is 3.68. The summed E-state index contributed by atoms with van der Waals surface area (Å²) in [5.41, 5.74) is 8.70. The summed E-state index contributed by atoms with van der Waals surface area (Å²) in [5.74, 6) is -0.309. The fourth-order valence-electron chi connectivity index (χ4n) is 2.58. The number of nitrogens with one attached hydrogen (secondary N) is 2. The van der Waals surface area contributed by atoms with Gasteiger partial charge in [0.1, 0.15) is 6.04 Å². The van der Waals surface area contributed by atoms with Crippen LogP contribution in [0.4, 0.5) is 16.2 Å². The SMILES string of the molecule is CCNC(=O)NC(=O)C(C)N1CCCc2ccc(N)cc21. The Morgan fingerprint density at radius 3 is 2.90 bits per heavy atom. The second-order valence-electron chi connectivity index (χ2n) is 5.21. The van der Waals surface area contributed by atoms with E-state index in [1.807, 2.05) is 23.1 Å². The molecule has 1 aromatic carbocycles. The molecule has 0 radical (unpaired) electrons. The van der Waals surface area contributed by atoms with Crippen LogP contribution >= 0.6 is 0 Å². The van der Waals surface area contributed by atoms with Crippen LogP contribution in [0.1, 0.15) is 25.8 Å². The van der Waals surface area contributed by atoms with Gasteiger partial charge in [0, 0.05) is 24.5 Å². The van der Waals surface area contributed by atoms with E-state index in [0.717, 1.165) is 25.1 Å². The van der Waals surface area contributed by atoms with E-state index in [1.54, 1.807) is 13.8 Å². The van der Waals surface area contributed by atoms with Crippen LogP contribution < -0.4 is 21.3 Å². The summed E-state index contributed by atoms with van der Waals surface area (Å²) in [6, 6.07) is 4.89. The van der Waals surface area contributed by atoms with Crippen LogP contribution in [0, 0.1) is 0 Å². The van der Waals surface area contributed by atoms with Gasteiger partial charge < -0.3 is 16.0 Å². The maximum Gasteiger partial charge on any atom is 0.321 e. The molecule has 0 aromatic heterocycles. The van der Waals surface area contributed by atoms with Gasteiger partial charge in [0.25, 0.3) is 0 Å². The van der Waals surface area contributed by atoms with Crippen LogP contribution in [0.15, 0.2) is 18.2 Å². The third-order valence-corrected chi connectivity index (χ3v) is 3.68. The number of amides is 3. The fraction of sp³-hybridized carbons (Fsp3) is 0.467. The molecule has 0 saturated carbocycles. The number of fused-ring (bicyclic) bond motifs is 1. The molecule has 1 atom stereocenters. The number of urea groups is 1. The molecule has 21 heavy (non-hydrogen) atoms. The lowest BCUT2D eigenvalue weighted by Crippen LogP contribution is -2.51. The highest BCUT2D eigenvalue weighted by molar-refractivity contribution is 5.98. The zero-order chi connectivity index (χ0) is 15.4. The average Bonchev–Trinajstić information content (AvgIpc) is 2.46. The summed E-state index contributed by atoms with van der Waals surface area (Å²) in [4.78, 5) is 25.6. The zero-order valence-electron chi connectivity index (χ0n) is 12.5. The van der Waals surface area contributed by atoms with E-state index in [2.05, 4.69) is 10.6 Å². The van der Waals surface area contributed by atoms with Crippen molar-refractivity contribution in [3.8, 4) is 0 Å². The van der Waals surface area contributed by atoms with Crippen LogP contribution in [0.5, 0.6) is 0 Å². The summed E-state index contributed by atoms with van der Waals surface area (Å²) >= 11 is 0. The van der Waals surface area contributed by atoms with Crippen molar-refractivity contribution in [1.82, 2.24) is 10.6 Å². The van der Waals surface area contributed by atoms with Gasteiger partial charge in [0.2, 0.25) is 5.91 Å². The van der Waals surface area contributed by atoms with Crippen molar-refractivity contribution in [2.75, 3.05) is 23.7 Å². The Morgan fingerprint density at radius 2 is 2.19 bits per heavy atom. The predicted octanol–water partition coefficient (Wildman–Crippen LogP) is 1.26. The van der Waals surface area contributed by atoms with Gasteiger partial charge in [-0.05, 0) is 44.4 Å². The molecule has 114 valence electrons. The highest BCUT2D eigenvalue weighted by atomic mass is 16.2. The lowest BCUT2D eigenvalue weighted by Gasteiger charge is -2.35. The molecule has 0 spiro atoms. The summed E-state index contributed by atoms with van der Waals surface area (Å²) in [7, 11) is 0. The van der Waals surface area contributed by atoms with Crippen molar-refractivity contribution < 1.29 is 9.59 Å². The Morgan fingerprint density at radius 1 is 1.43 bits per heavy atom. The van der Waals surface area contributed by atoms with Gasteiger partial charge in [-0.2, -0.15) is 0 Å². The minimum atomic E-state index is -0.459. The monoisotopic (exact) mass is 290 g/mol. The first-order chi connectivity index (χ1) is 10.0. The van der Waals surface area contributed by atoms with Gasteiger partial charge in [0.05, 0.1) is 0 Å². The Hall–Kier alpha value is -2.24. The van der Waals surface area contributed by atoms with Crippen molar-refractivity contribution in [1.29, 1.82) is 0 Å². The minimum Gasteiger partial charge on any atom is -0.399 e. The van der Waals surface area contributed by atoms with Crippen molar-refractivity contribution in [2.45, 2.75) is 32.7 Å². The minimum absolute atomic E-state index is 0.309. The topological polar surface area (TPSA) is 87.5 Å². The number of carbonyl (C=O) groups excluding carboxylic acids is 2. The summed E-state index contributed by atoms with van der Waals surface area (Å²) < 4.78 is 0. The molecular weight excluding hydrogens is 268 g/mol. The third kappa shape index (κ3) is 3.45. The highest BCUT2D eigenvalue weighted by Crippen LogP contribution is 2.30. The Balaban J connectivity index is 2.13. The molecule has 1 aliphatic heterocycles. The molecule has 4 N–H and O–H groups in total. The van der Waals surface area contributed by atoms with Crippen LogP contribution in [-0.4, -0.2) is 31.1 Å². The van der Waals surface area contributed by atoms with E-state index in [4.69, 9.17) is 5.73 Å². The number of nitrogens with zero attached hydrogens (tertiary/aromatic N) is 1. The molecular formula is C15H22N4O2. The van der Waals surface area contributed by atoms with Gasteiger partial charge >= 0.3 is 6.03 Å². The van der Waals surface area contributed by atoms with Gasteiger partial charge in [0.15, 0.2) is 0 Å². The van der Waals surface area contributed by atoms with Crippen molar-refractivity contribution in [2.24, 2.45) is 0 Å². The largest absolute Gasteiger partial charge is 0.399 e. The standard InChI is InChI=1S/C15H22N4O2/c1-3-17-15(21)18-14(20)10(2)19-8-4-5-11-6-7-12(16)9-13(11)19/h6-7,9-10H,3-5,8,16H2,1-2H3,(H2,17,18,20,21). The van der Waals surface area contributed by atoms with Crippen LogP contribution in [0.2, 0.25) is 0 Å². The quantitative estimate of drug-likeness (QED) is 0.731. The smallest absolute Gasteiger partial charge is 0.321 e. The number of carbonyl (C=O) groups is 2. The molecule has 6 heteroatoms. The fourth-order valence-corrected chi connectivity index (χ4v) is 2.58. The molecule has 1 unspecified atom stereocenters. The summed E-state index contributed by atoms with van der Waals surface area (Å²) in [6.07, 6.45) is 1.96. The van der Waals surface area contributed by atoms with Crippen molar-refractivity contribution in [3.05, 3.63) is 23.8 Å². The Bertz CT molecular complexity index is 544. The number of benzene rings is 1. The van der Waals surface area contributed by atoms with Crippen molar-refractivity contribution in [3.63, 3.8) is 0 Å². The molecule has 1 aliphatic rings. The summed E-state index contributed by atoms with van der Waals surface area (Å²) in [5, 5.41) is 4.91. The van der Waals surface area contributed by atoms with Crippen LogP contribution in [0.25, 0.3) is 0 Å². The van der Waals surface area contributed by atoms with Gasteiger partial charge in [-0.3, -0.25) is 10.1 Å². The maximum absolute atomic E-state index is 12.2. The Labute approximate surface area is 124 Å². The normalized spacial score (nSPS) is 15.0. The van der Waals surface area contributed by atoms with E-state index < -0.39 is 12.1 Å². The number of anilines is 2. The molecule has 1 aromatic rings. The van der Waals surface area contributed by atoms with Crippen molar-refractivity contribution >= 4 is 23.3 Å². The maximum atomic E-state index is 12.2. The number of hydrogen-bond donors (Lipinski definition) is 3. The van der Waals surface area contributed by atoms with E-state index in [-0.39, 0.29) is 5.91 Å². The number of hydrogen-bond acceptors (Lipinski definition) is 4. The molecule has 1 heterocycles. The zero-order valence-corrected chi connectivity index (χ0v) is 12.5. The van der Waals surface area contributed by atoms with E-state index in [0.29, 0.717) is 12.2 Å². The lowest BCUT2D eigenvalue weighted by atomic mass is 9.99. The first kappa shape index (κ1) is 15.2. The molecule has 0 saturated heterocycles. The predicted molar refractivity (Wildman–Crippen MR) is 83.2 cm³/mol. The highest BCUT2D eigenvalue weighted by Gasteiger charge is 2.27. The summed E-state index contributed by atoms with van der Waals surface area (Å²) in [6.45, 7) is 4.86. The lowest BCUT2D eigenvalue weighted by molar-refractivity contribution is -0.121. The molecule has 6 nitrogen and oxygen atoms in total. The van der Waals surface area contributed by atoms with Gasteiger partial charge in [-0.15, -0.1) is 0 Å². The second kappa shape index (κ2) is 6.47. The Kier molecular flexibility index (Phi) is 4.67. The molecule has 0 bridgehead atoms. The van der Waals surface area contributed by atoms with E-state index >= 15 is 0 Å². The van der Waals surface area contributed by atoms with Gasteiger partial charge in [-0.25, -0.2) is 4.79 Å². The molecule has 0 aliphatic carbocycles. The van der Waals surface area contributed by atoms with Gasteiger partial charge in [-0.1, -0.05) is 6.07 Å². The first-order valence-electron chi connectivity index (χ1n) is 7.26. The number of rotatable bonds is 3. The number of aryl methyl sites for hydroxylation is 1. The van der Waals surface area contributed by atoms with Crippen LogP contribution in [0.3, 0.4) is 0 Å². The number of nitrogens with two attached hydrogens (primary N) is 1. The number of nitrogen functional groups attached to an aromatic ring is 1.